The molecule has 2 fully saturated rings. The van der Waals surface area contributed by atoms with Gasteiger partial charge in [0, 0.05) is 45.1 Å². The predicted octanol–water partition coefficient (Wildman–Crippen LogP) is 1.69. The first-order chi connectivity index (χ1) is 24.9. The zero-order valence-electron chi connectivity index (χ0n) is 30.9. The van der Waals surface area contributed by atoms with Crippen molar-refractivity contribution in [3.05, 3.63) is 71.8 Å². The second-order valence-corrected chi connectivity index (χ2v) is 14.8. The van der Waals surface area contributed by atoms with Crippen LogP contribution in [0, 0.1) is 11.3 Å². The van der Waals surface area contributed by atoms with Crippen LogP contribution in [0.2, 0.25) is 0 Å². The van der Waals surface area contributed by atoms with Crippen molar-refractivity contribution in [1.82, 2.24) is 31.1 Å². The second kappa shape index (κ2) is 19.4. The van der Waals surface area contributed by atoms with Crippen LogP contribution in [0.25, 0.3) is 0 Å². The fourth-order valence-electron chi connectivity index (χ4n) is 7.10. The van der Waals surface area contributed by atoms with Gasteiger partial charge in [0.05, 0.1) is 6.04 Å². The molecule has 13 nitrogen and oxygen atoms in total. The summed E-state index contributed by atoms with van der Waals surface area (Å²) in [6, 6.07) is 15.1. The minimum absolute atomic E-state index is 0.0192. The van der Waals surface area contributed by atoms with Gasteiger partial charge in [-0.1, -0.05) is 74.5 Å². The fourth-order valence-corrected chi connectivity index (χ4v) is 7.10. The maximum atomic E-state index is 14.0. The van der Waals surface area contributed by atoms with Gasteiger partial charge in [0.2, 0.25) is 23.6 Å². The normalized spacial score (nSPS) is 17.3. The molecule has 1 spiro atoms. The van der Waals surface area contributed by atoms with Crippen molar-refractivity contribution < 1.29 is 24.0 Å². The van der Waals surface area contributed by atoms with E-state index in [1.807, 2.05) is 74.5 Å². The number of nitrogens with zero attached hydrogens (tertiary/aromatic N) is 2. The lowest BCUT2D eigenvalue weighted by molar-refractivity contribution is -0.141. The molecule has 2 aliphatic heterocycles. The zero-order chi connectivity index (χ0) is 37.7. The molecule has 2 aromatic rings. The predicted molar refractivity (Wildman–Crippen MR) is 201 cm³/mol. The van der Waals surface area contributed by atoms with Crippen LogP contribution in [0.1, 0.15) is 63.5 Å². The lowest BCUT2D eigenvalue weighted by Gasteiger charge is -2.53. The van der Waals surface area contributed by atoms with E-state index in [1.165, 1.54) is 0 Å². The first-order valence-corrected chi connectivity index (χ1v) is 18.6. The Bertz CT molecular complexity index is 1470. The molecule has 2 saturated heterocycles. The van der Waals surface area contributed by atoms with Crippen molar-refractivity contribution in [2.75, 3.05) is 39.8 Å². The van der Waals surface area contributed by atoms with E-state index in [4.69, 9.17) is 11.5 Å². The van der Waals surface area contributed by atoms with Gasteiger partial charge in [-0.3, -0.25) is 19.2 Å². The first kappa shape index (κ1) is 40.3. The van der Waals surface area contributed by atoms with E-state index in [1.54, 1.807) is 16.8 Å². The summed E-state index contributed by atoms with van der Waals surface area (Å²) in [5.41, 5.74) is 13.8. The smallest absolute Gasteiger partial charge is 0.317 e. The minimum Gasteiger partial charge on any atom is -0.343 e. The highest BCUT2D eigenvalue weighted by molar-refractivity contribution is 5.95. The monoisotopic (exact) mass is 718 g/mol. The van der Waals surface area contributed by atoms with Crippen molar-refractivity contribution >= 4 is 29.7 Å². The Hall–Kier alpha value is -4.49. The summed E-state index contributed by atoms with van der Waals surface area (Å²) < 4.78 is 0. The van der Waals surface area contributed by atoms with Crippen LogP contribution < -0.4 is 32.7 Å². The molecule has 0 bridgehead atoms. The molecule has 284 valence electrons. The quantitative estimate of drug-likeness (QED) is 0.134. The van der Waals surface area contributed by atoms with Gasteiger partial charge in [-0.2, -0.15) is 0 Å². The SMILES string of the molecule is CNC(=O)N1CC2(CCN(C(=O)C(CCCCN)NC(=O)C(CC(C)C)NC(=O)C(Cc3ccccc3)NC(=O)C(N)Cc3ccccc3)CC2)C1. The highest BCUT2D eigenvalue weighted by atomic mass is 16.2. The number of carbonyl (C=O) groups is 5. The average molecular weight is 719 g/mol. The average Bonchev–Trinajstić information content (AvgIpc) is 3.12. The highest BCUT2D eigenvalue weighted by Gasteiger charge is 2.47. The number of nitrogens with one attached hydrogen (secondary N) is 4. The molecule has 4 unspecified atom stereocenters. The zero-order valence-corrected chi connectivity index (χ0v) is 30.9. The van der Waals surface area contributed by atoms with E-state index in [2.05, 4.69) is 21.3 Å². The number of carbonyl (C=O) groups excluding carboxylic acids is 5. The van der Waals surface area contributed by atoms with Crippen LogP contribution in [0.3, 0.4) is 0 Å². The summed E-state index contributed by atoms with van der Waals surface area (Å²) in [5, 5.41) is 11.4. The van der Waals surface area contributed by atoms with E-state index in [9.17, 15) is 24.0 Å². The van der Waals surface area contributed by atoms with Gasteiger partial charge in [-0.05, 0) is 68.5 Å². The molecule has 2 heterocycles. The summed E-state index contributed by atoms with van der Waals surface area (Å²) in [4.78, 5) is 70.7. The van der Waals surface area contributed by atoms with E-state index < -0.39 is 41.9 Å². The lowest BCUT2D eigenvalue weighted by Crippen LogP contribution is -2.64. The first-order valence-electron chi connectivity index (χ1n) is 18.6. The Morgan fingerprint density at radius 2 is 1.27 bits per heavy atom. The van der Waals surface area contributed by atoms with E-state index in [-0.39, 0.29) is 29.7 Å². The van der Waals surface area contributed by atoms with Gasteiger partial charge >= 0.3 is 6.03 Å². The van der Waals surface area contributed by atoms with Crippen molar-refractivity contribution in [2.45, 2.75) is 89.4 Å². The third-order valence-corrected chi connectivity index (χ3v) is 10.1. The van der Waals surface area contributed by atoms with Gasteiger partial charge in [-0.15, -0.1) is 0 Å². The Morgan fingerprint density at radius 3 is 1.83 bits per heavy atom. The standard InChI is InChI=1S/C39H58N8O5/c1-27(2)22-32(45-36(50)33(24-29-14-8-5-9-15-29)44-34(48)30(41)23-28-12-6-4-7-13-28)35(49)43-31(16-10-11-19-40)37(51)46-20-17-39(18-21-46)25-47(26-39)38(52)42-3/h4-9,12-15,27,30-33H,10-11,16-26,40-41H2,1-3H3,(H,42,52)(H,43,49)(H,44,48)(H,45,50). The summed E-state index contributed by atoms with van der Waals surface area (Å²) in [7, 11) is 1.62. The summed E-state index contributed by atoms with van der Waals surface area (Å²) in [6.45, 7) is 6.82. The molecule has 0 saturated carbocycles. The molecule has 2 aromatic carbocycles. The number of unbranched alkanes of at least 4 members (excludes halogenated alkanes) is 1. The van der Waals surface area contributed by atoms with Gasteiger partial charge in [0.1, 0.15) is 18.1 Å². The van der Waals surface area contributed by atoms with Crippen molar-refractivity contribution in [1.29, 1.82) is 0 Å². The summed E-state index contributed by atoms with van der Waals surface area (Å²) in [6.07, 6.45) is 4.17. The topological polar surface area (TPSA) is 192 Å². The van der Waals surface area contributed by atoms with Gasteiger partial charge < -0.3 is 42.5 Å². The Morgan fingerprint density at radius 1 is 0.731 bits per heavy atom. The number of urea groups is 1. The molecule has 4 rings (SSSR count). The van der Waals surface area contributed by atoms with Crippen molar-refractivity contribution in [2.24, 2.45) is 22.8 Å². The van der Waals surface area contributed by atoms with Gasteiger partial charge in [0.25, 0.3) is 0 Å². The fraction of sp³-hybridized carbons (Fsp3) is 0.564. The van der Waals surface area contributed by atoms with Crippen LogP contribution >= 0.6 is 0 Å². The minimum atomic E-state index is -0.993. The van der Waals surface area contributed by atoms with E-state index in [0.717, 1.165) is 24.0 Å². The van der Waals surface area contributed by atoms with Crippen LogP contribution in [0.15, 0.2) is 60.7 Å². The van der Waals surface area contributed by atoms with E-state index in [0.29, 0.717) is 64.8 Å². The van der Waals surface area contributed by atoms with Crippen LogP contribution in [0.4, 0.5) is 4.79 Å². The summed E-state index contributed by atoms with van der Waals surface area (Å²) >= 11 is 0. The molecule has 52 heavy (non-hydrogen) atoms. The molecular weight excluding hydrogens is 660 g/mol. The van der Waals surface area contributed by atoms with Gasteiger partial charge in [0.15, 0.2) is 0 Å². The third kappa shape index (κ3) is 11.5. The largest absolute Gasteiger partial charge is 0.343 e. The van der Waals surface area contributed by atoms with Crippen molar-refractivity contribution in [3.63, 3.8) is 0 Å². The molecule has 6 amide bonds. The molecule has 0 aromatic heterocycles. The molecule has 0 aliphatic carbocycles. The number of nitrogens with two attached hydrogens (primary N) is 2. The number of amides is 6. The van der Waals surface area contributed by atoms with E-state index >= 15 is 0 Å². The molecule has 2 aliphatic rings. The molecule has 13 heteroatoms. The number of rotatable bonds is 17. The highest BCUT2D eigenvalue weighted by Crippen LogP contribution is 2.40. The third-order valence-electron chi connectivity index (χ3n) is 10.1. The van der Waals surface area contributed by atoms with Crippen LogP contribution in [0.5, 0.6) is 0 Å². The molecular formula is C39H58N8O5. The summed E-state index contributed by atoms with van der Waals surface area (Å²) in [5.74, 6) is -1.55. The maximum Gasteiger partial charge on any atom is 0.317 e. The molecule has 4 atom stereocenters. The second-order valence-electron chi connectivity index (χ2n) is 14.8. The molecule has 8 N–H and O–H groups in total. The number of hydrogen-bond donors (Lipinski definition) is 6. The Balaban J connectivity index is 1.44. The number of benzene rings is 2. The van der Waals surface area contributed by atoms with Crippen molar-refractivity contribution in [3.8, 4) is 0 Å². The lowest BCUT2D eigenvalue weighted by atomic mass is 9.72. The number of likely N-dealkylation sites (tertiary alicyclic amines) is 2. The van der Waals surface area contributed by atoms with Crippen LogP contribution in [-0.4, -0.2) is 103 Å². The number of hydrogen-bond acceptors (Lipinski definition) is 7. The Labute approximate surface area is 308 Å². The van der Waals surface area contributed by atoms with Crippen LogP contribution in [-0.2, 0) is 32.0 Å². The molecule has 0 radical (unpaired) electrons. The van der Waals surface area contributed by atoms with Gasteiger partial charge in [-0.25, -0.2) is 4.79 Å². The Kier molecular flexibility index (Phi) is 15.0. The maximum absolute atomic E-state index is 14.0. The number of piperidine rings is 1.